The van der Waals surface area contributed by atoms with Crippen molar-refractivity contribution in [3.05, 3.63) is 36.4 Å². The number of hydrogen-bond donors (Lipinski definition) is 0. The second kappa shape index (κ2) is 9.61. The highest BCUT2D eigenvalue weighted by molar-refractivity contribution is 5.80. The molecule has 6 heteroatoms. The normalized spacial score (nSPS) is 11.0. The number of unbranched alkanes of at least 4 members (excludes halogenated alkanes) is 3. The van der Waals surface area contributed by atoms with Crippen molar-refractivity contribution in [2.75, 3.05) is 13.2 Å². The van der Waals surface area contributed by atoms with Crippen molar-refractivity contribution in [3.8, 4) is 11.5 Å². The van der Waals surface area contributed by atoms with Crippen molar-refractivity contribution in [1.82, 2.24) is 14.9 Å². The number of nitrogens with zero attached hydrogens (tertiary/aromatic N) is 4. The van der Waals surface area contributed by atoms with Crippen LogP contribution < -0.4 is 9.47 Å². The summed E-state index contributed by atoms with van der Waals surface area (Å²) in [6.07, 6.45) is 9.55. The van der Waals surface area contributed by atoms with Crippen LogP contribution in [0.4, 0.5) is 0 Å². The Morgan fingerprint density at radius 1 is 1.04 bits per heavy atom. The van der Waals surface area contributed by atoms with Gasteiger partial charge in [0.1, 0.15) is 12.7 Å². The minimum absolute atomic E-state index is 0.595. The van der Waals surface area contributed by atoms with E-state index in [0.717, 1.165) is 23.5 Å². The van der Waals surface area contributed by atoms with Crippen LogP contribution in [0.25, 0.3) is 0 Å². The molecule has 23 heavy (non-hydrogen) atoms. The molecule has 124 valence electrons. The van der Waals surface area contributed by atoms with E-state index in [2.05, 4.69) is 22.2 Å². The fourth-order valence-corrected chi connectivity index (χ4v) is 2.09. The zero-order valence-corrected chi connectivity index (χ0v) is 13.8. The minimum Gasteiger partial charge on any atom is -0.490 e. The lowest BCUT2D eigenvalue weighted by molar-refractivity contribution is 0.270. The van der Waals surface area contributed by atoms with Crippen molar-refractivity contribution in [2.24, 2.45) is 5.10 Å². The van der Waals surface area contributed by atoms with Gasteiger partial charge in [-0.3, -0.25) is 0 Å². The highest BCUT2D eigenvalue weighted by atomic mass is 16.5. The maximum Gasteiger partial charge on any atom is 0.161 e. The zero-order valence-electron chi connectivity index (χ0n) is 13.8. The molecule has 1 heterocycles. The fourth-order valence-electron chi connectivity index (χ4n) is 2.09. The summed E-state index contributed by atoms with van der Waals surface area (Å²) in [7, 11) is 0. The lowest BCUT2D eigenvalue weighted by Gasteiger charge is -2.12. The second-order valence-electron chi connectivity index (χ2n) is 5.13. The molecular formula is C17H24N4O2. The van der Waals surface area contributed by atoms with E-state index < -0.39 is 0 Å². The number of hydrogen-bond acceptors (Lipinski definition) is 5. The zero-order chi connectivity index (χ0) is 16.3. The Hall–Kier alpha value is -2.37. The second-order valence-corrected chi connectivity index (χ2v) is 5.13. The molecule has 2 rings (SSSR count). The van der Waals surface area contributed by atoms with Crippen molar-refractivity contribution >= 4 is 6.21 Å². The average Bonchev–Trinajstić information content (AvgIpc) is 3.08. The minimum atomic E-state index is 0.595. The van der Waals surface area contributed by atoms with Crippen molar-refractivity contribution in [3.63, 3.8) is 0 Å². The number of ether oxygens (including phenoxy) is 2. The number of rotatable bonds is 10. The first-order valence-electron chi connectivity index (χ1n) is 8.12. The van der Waals surface area contributed by atoms with Crippen molar-refractivity contribution < 1.29 is 9.47 Å². The Morgan fingerprint density at radius 2 is 1.87 bits per heavy atom. The molecule has 0 aliphatic carbocycles. The van der Waals surface area contributed by atoms with E-state index in [9.17, 15) is 0 Å². The molecule has 0 saturated heterocycles. The Kier molecular flexibility index (Phi) is 7.10. The van der Waals surface area contributed by atoms with Gasteiger partial charge < -0.3 is 9.47 Å². The molecule has 0 saturated carbocycles. The predicted octanol–water partition coefficient (Wildman–Crippen LogP) is 3.52. The van der Waals surface area contributed by atoms with Crippen LogP contribution in [-0.2, 0) is 0 Å². The van der Waals surface area contributed by atoms with Gasteiger partial charge in [0.2, 0.25) is 0 Å². The van der Waals surface area contributed by atoms with Crippen LogP contribution in [0.3, 0.4) is 0 Å². The van der Waals surface area contributed by atoms with Crippen LogP contribution in [0, 0.1) is 0 Å². The molecule has 0 aliphatic rings. The average molecular weight is 316 g/mol. The van der Waals surface area contributed by atoms with Crippen molar-refractivity contribution in [2.45, 2.75) is 39.5 Å². The van der Waals surface area contributed by atoms with Crippen LogP contribution in [0.2, 0.25) is 0 Å². The molecule has 1 aromatic carbocycles. The molecule has 2 aromatic rings. The van der Waals surface area contributed by atoms with Gasteiger partial charge in [0.05, 0.1) is 19.4 Å². The summed E-state index contributed by atoms with van der Waals surface area (Å²) in [5.41, 5.74) is 0.931. The largest absolute Gasteiger partial charge is 0.490 e. The van der Waals surface area contributed by atoms with E-state index in [1.165, 1.54) is 31.9 Å². The molecule has 0 N–H and O–H groups in total. The topological polar surface area (TPSA) is 61.5 Å². The van der Waals surface area contributed by atoms with E-state index in [0.29, 0.717) is 13.2 Å². The third-order valence-corrected chi connectivity index (χ3v) is 3.27. The van der Waals surface area contributed by atoms with Gasteiger partial charge in [-0.1, -0.05) is 26.2 Å². The number of aromatic nitrogens is 3. The summed E-state index contributed by atoms with van der Waals surface area (Å²) in [6, 6.07) is 5.81. The molecule has 6 nitrogen and oxygen atoms in total. The van der Waals surface area contributed by atoms with Gasteiger partial charge in [0.25, 0.3) is 0 Å². The Bertz CT molecular complexity index is 597. The molecule has 0 unspecified atom stereocenters. The highest BCUT2D eigenvalue weighted by Gasteiger charge is 2.06. The first-order chi connectivity index (χ1) is 11.3. The standard InChI is InChI=1S/C17H24N4O2/c1-3-5-6-7-10-23-16-9-8-15(11-17(16)22-4-2)12-20-21-13-18-19-14-21/h8-9,11-14H,3-7,10H2,1-2H3/b20-12+. The van der Waals surface area contributed by atoms with Gasteiger partial charge in [-0.15, -0.1) is 10.2 Å². The smallest absolute Gasteiger partial charge is 0.161 e. The van der Waals surface area contributed by atoms with Gasteiger partial charge in [-0.2, -0.15) is 5.10 Å². The summed E-state index contributed by atoms with van der Waals surface area (Å²) < 4.78 is 13.1. The molecule has 0 atom stereocenters. The molecule has 0 amide bonds. The van der Waals surface area contributed by atoms with Gasteiger partial charge >= 0.3 is 0 Å². The summed E-state index contributed by atoms with van der Waals surface area (Å²) >= 11 is 0. The van der Waals surface area contributed by atoms with Gasteiger partial charge in [0, 0.05) is 0 Å². The van der Waals surface area contributed by atoms with Crippen LogP contribution in [0.5, 0.6) is 11.5 Å². The van der Waals surface area contributed by atoms with Gasteiger partial charge in [0.15, 0.2) is 11.5 Å². The highest BCUT2D eigenvalue weighted by Crippen LogP contribution is 2.28. The van der Waals surface area contributed by atoms with Crippen LogP contribution in [0.1, 0.15) is 45.1 Å². The Morgan fingerprint density at radius 3 is 2.61 bits per heavy atom. The van der Waals surface area contributed by atoms with Gasteiger partial charge in [-0.25, -0.2) is 4.68 Å². The summed E-state index contributed by atoms with van der Waals surface area (Å²) in [5, 5.41) is 11.6. The first-order valence-corrected chi connectivity index (χ1v) is 8.12. The van der Waals surface area contributed by atoms with E-state index in [-0.39, 0.29) is 0 Å². The first kappa shape index (κ1) is 17.0. The fraction of sp³-hybridized carbons (Fsp3) is 0.471. The van der Waals surface area contributed by atoms with Crippen LogP contribution in [-0.4, -0.2) is 34.3 Å². The van der Waals surface area contributed by atoms with E-state index in [4.69, 9.17) is 9.47 Å². The van der Waals surface area contributed by atoms with Crippen molar-refractivity contribution in [1.29, 1.82) is 0 Å². The molecule has 1 aromatic heterocycles. The van der Waals surface area contributed by atoms with E-state index >= 15 is 0 Å². The third kappa shape index (κ3) is 5.73. The molecule has 0 spiro atoms. The summed E-state index contributed by atoms with van der Waals surface area (Å²) in [5.74, 6) is 1.53. The monoisotopic (exact) mass is 316 g/mol. The molecular weight excluding hydrogens is 292 g/mol. The lowest BCUT2D eigenvalue weighted by atomic mass is 10.2. The third-order valence-electron chi connectivity index (χ3n) is 3.27. The predicted molar refractivity (Wildman–Crippen MR) is 90.3 cm³/mol. The molecule has 0 bridgehead atoms. The van der Waals surface area contributed by atoms with E-state index in [1.807, 2.05) is 25.1 Å². The summed E-state index contributed by atoms with van der Waals surface area (Å²) in [6.45, 7) is 5.48. The Balaban J connectivity index is 1.99. The molecule has 0 aliphatic heterocycles. The summed E-state index contributed by atoms with van der Waals surface area (Å²) in [4.78, 5) is 0. The maximum atomic E-state index is 5.85. The SMILES string of the molecule is CCCCCCOc1ccc(/C=N/n2cnnc2)cc1OCC. The quantitative estimate of drug-likeness (QED) is 0.497. The van der Waals surface area contributed by atoms with Crippen LogP contribution in [0.15, 0.2) is 36.0 Å². The molecule has 0 fully saturated rings. The van der Waals surface area contributed by atoms with Gasteiger partial charge in [-0.05, 0) is 37.1 Å². The van der Waals surface area contributed by atoms with E-state index in [1.54, 1.807) is 10.9 Å². The molecule has 0 radical (unpaired) electrons. The lowest BCUT2D eigenvalue weighted by Crippen LogP contribution is -2.01. The Labute approximate surface area is 137 Å². The van der Waals surface area contributed by atoms with Crippen LogP contribution >= 0.6 is 0 Å². The maximum absolute atomic E-state index is 5.85. The number of benzene rings is 1.